The zero-order chi connectivity index (χ0) is 12.3. The van der Waals surface area contributed by atoms with E-state index in [-0.39, 0.29) is 11.5 Å². The van der Waals surface area contributed by atoms with Gasteiger partial charge in [0.15, 0.2) is 5.78 Å². The fraction of sp³-hybridized carbons (Fsp3) is 0.462. The summed E-state index contributed by atoms with van der Waals surface area (Å²) >= 11 is 0. The standard InChI is InChI=1S/C13H17FN2O/c14-11-4-3-10(9-12(11)15)13(17)5-8-16-6-1-2-7-16/h3-4,9H,1-2,5-8,15H2. The molecule has 0 radical (unpaired) electrons. The van der Waals surface area contributed by atoms with Crippen molar-refractivity contribution in [2.24, 2.45) is 0 Å². The Balaban J connectivity index is 1.92. The SMILES string of the molecule is Nc1cc(C(=O)CCN2CCCC2)ccc1F. The van der Waals surface area contributed by atoms with Crippen LogP contribution in [-0.4, -0.2) is 30.3 Å². The van der Waals surface area contributed by atoms with E-state index in [1.807, 2.05) is 0 Å². The van der Waals surface area contributed by atoms with Crippen molar-refractivity contribution in [1.29, 1.82) is 0 Å². The molecule has 1 heterocycles. The van der Waals surface area contributed by atoms with E-state index in [4.69, 9.17) is 5.73 Å². The smallest absolute Gasteiger partial charge is 0.164 e. The summed E-state index contributed by atoms with van der Waals surface area (Å²) in [6.07, 6.45) is 2.92. The van der Waals surface area contributed by atoms with E-state index < -0.39 is 5.82 Å². The number of carbonyl (C=O) groups excluding carboxylic acids is 1. The molecule has 0 amide bonds. The minimum Gasteiger partial charge on any atom is -0.396 e. The van der Waals surface area contributed by atoms with Gasteiger partial charge in [0.05, 0.1) is 5.69 Å². The molecule has 0 unspecified atom stereocenters. The highest BCUT2D eigenvalue weighted by Crippen LogP contribution is 2.15. The average Bonchev–Trinajstić information content (AvgIpc) is 2.82. The maximum absolute atomic E-state index is 12.9. The fourth-order valence-electron chi connectivity index (χ4n) is 2.13. The van der Waals surface area contributed by atoms with Gasteiger partial charge in [-0.05, 0) is 44.1 Å². The van der Waals surface area contributed by atoms with E-state index in [2.05, 4.69) is 4.90 Å². The molecule has 1 aromatic carbocycles. The predicted molar refractivity (Wildman–Crippen MR) is 65.4 cm³/mol. The molecule has 0 bridgehead atoms. The van der Waals surface area contributed by atoms with Crippen molar-refractivity contribution in [3.05, 3.63) is 29.6 Å². The Kier molecular flexibility index (Phi) is 3.74. The van der Waals surface area contributed by atoms with Crippen molar-refractivity contribution in [3.63, 3.8) is 0 Å². The molecule has 0 atom stereocenters. The van der Waals surface area contributed by atoms with Gasteiger partial charge in [0, 0.05) is 18.5 Å². The number of rotatable bonds is 4. The number of Topliss-reactive ketones (excluding diaryl/α,β-unsaturated/α-hetero) is 1. The fourth-order valence-corrected chi connectivity index (χ4v) is 2.13. The van der Waals surface area contributed by atoms with Gasteiger partial charge in [0.1, 0.15) is 5.82 Å². The van der Waals surface area contributed by atoms with Crippen LogP contribution < -0.4 is 5.73 Å². The van der Waals surface area contributed by atoms with Gasteiger partial charge in [-0.2, -0.15) is 0 Å². The summed E-state index contributed by atoms with van der Waals surface area (Å²) in [5.41, 5.74) is 5.98. The topological polar surface area (TPSA) is 46.3 Å². The molecule has 1 aromatic rings. The van der Waals surface area contributed by atoms with Crippen LogP contribution in [0.3, 0.4) is 0 Å². The van der Waals surface area contributed by atoms with Gasteiger partial charge in [0.25, 0.3) is 0 Å². The van der Waals surface area contributed by atoms with Crippen LogP contribution in [0.15, 0.2) is 18.2 Å². The van der Waals surface area contributed by atoms with Crippen molar-refractivity contribution in [1.82, 2.24) is 4.90 Å². The monoisotopic (exact) mass is 236 g/mol. The lowest BCUT2D eigenvalue weighted by Crippen LogP contribution is -2.22. The van der Waals surface area contributed by atoms with Gasteiger partial charge in [-0.3, -0.25) is 4.79 Å². The second-order valence-corrected chi connectivity index (χ2v) is 4.46. The Morgan fingerprint density at radius 1 is 1.35 bits per heavy atom. The van der Waals surface area contributed by atoms with Crippen LogP contribution in [-0.2, 0) is 0 Å². The van der Waals surface area contributed by atoms with Crippen LogP contribution in [0, 0.1) is 5.82 Å². The quantitative estimate of drug-likeness (QED) is 0.643. The van der Waals surface area contributed by atoms with E-state index in [0.717, 1.165) is 19.6 Å². The first kappa shape index (κ1) is 12.0. The summed E-state index contributed by atoms with van der Waals surface area (Å²) in [4.78, 5) is 14.1. The highest BCUT2D eigenvalue weighted by atomic mass is 19.1. The number of hydrogen-bond donors (Lipinski definition) is 1. The van der Waals surface area contributed by atoms with Gasteiger partial charge in [-0.25, -0.2) is 4.39 Å². The Morgan fingerprint density at radius 2 is 2.06 bits per heavy atom. The number of benzene rings is 1. The van der Waals surface area contributed by atoms with Gasteiger partial charge < -0.3 is 10.6 Å². The van der Waals surface area contributed by atoms with E-state index >= 15 is 0 Å². The zero-order valence-corrected chi connectivity index (χ0v) is 9.79. The van der Waals surface area contributed by atoms with Gasteiger partial charge in [-0.1, -0.05) is 0 Å². The highest BCUT2D eigenvalue weighted by Gasteiger charge is 2.14. The number of likely N-dealkylation sites (tertiary alicyclic amines) is 1. The molecule has 0 saturated carbocycles. The van der Waals surface area contributed by atoms with Gasteiger partial charge in [-0.15, -0.1) is 0 Å². The van der Waals surface area contributed by atoms with E-state index in [9.17, 15) is 9.18 Å². The molecule has 3 nitrogen and oxygen atoms in total. The zero-order valence-electron chi connectivity index (χ0n) is 9.79. The molecular weight excluding hydrogens is 219 g/mol. The van der Waals surface area contributed by atoms with E-state index in [1.54, 1.807) is 0 Å². The van der Waals surface area contributed by atoms with Crippen molar-refractivity contribution in [3.8, 4) is 0 Å². The lowest BCUT2D eigenvalue weighted by Gasteiger charge is -2.13. The minimum absolute atomic E-state index is 0.0311. The minimum atomic E-state index is -0.471. The van der Waals surface area contributed by atoms with Crippen LogP contribution in [0.25, 0.3) is 0 Å². The van der Waals surface area contributed by atoms with Crippen LogP contribution in [0.2, 0.25) is 0 Å². The number of nitrogens with zero attached hydrogens (tertiary/aromatic N) is 1. The molecular formula is C13H17FN2O. The Morgan fingerprint density at radius 3 is 2.71 bits per heavy atom. The third kappa shape index (κ3) is 3.03. The summed E-state index contributed by atoms with van der Waals surface area (Å²) in [6.45, 7) is 2.95. The first-order valence-corrected chi connectivity index (χ1v) is 5.97. The van der Waals surface area contributed by atoms with Crippen LogP contribution in [0.1, 0.15) is 29.6 Å². The van der Waals surface area contributed by atoms with Gasteiger partial charge in [0.2, 0.25) is 0 Å². The number of halogens is 1. The molecule has 2 N–H and O–H groups in total. The molecule has 0 aliphatic carbocycles. The number of nitrogens with two attached hydrogens (primary N) is 1. The van der Waals surface area contributed by atoms with Crippen molar-refractivity contribution in [2.45, 2.75) is 19.3 Å². The molecule has 1 fully saturated rings. The Hall–Kier alpha value is -1.42. The second kappa shape index (κ2) is 5.27. The lowest BCUT2D eigenvalue weighted by molar-refractivity contribution is 0.0969. The lowest BCUT2D eigenvalue weighted by atomic mass is 10.1. The molecule has 4 heteroatoms. The van der Waals surface area contributed by atoms with Crippen molar-refractivity contribution >= 4 is 11.5 Å². The molecule has 0 aromatic heterocycles. The molecule has 2 rings (SSSR count). The summed E-state index contributed by atoms with van der Waals surface area (Å²) in [6, 6.07) is 4.16. The number of hydrogen-bond acceptors (Lipinski definition) is 3. The van der Waals surface area contributed by atoms with Crippen LogP contribution in [0.4, 0.5) is 10.1 Å². The number of carbonyl (C=O) groups is 1. The normalized spacial score (nSPS) is 16.3. The molecule has 1 aliphatic rings. The molecule has 0 spiro atoms. The van der Waals surface area contributed by atoms with Crippen LogP contribution in [0.5, 0.6) is 0 Å². The maximum Gasteiger partial charge on any atom is 0.164 e. The number of ketones is 1. The third-order valence-corrected chi connectivity index (χ3v) is 3.17. The predicted octanol–water partition coefficient (Wildman–Crippen LogP) is 2.08. The first-order valence-electron chi connectivity index (χ1n) is 5.97. The number of anilines is 1. The summed E-state index contributed by atoms with van der Waals surface area (Å²) in [5.74, 6) is -0.440. The average molecular weight is 236 g/mol. The highest BCUT2D eigenvalue weighted by molar-refractivity contribution is 5.96. The molecule has 1 saturated heterocycles. The first-order chi connectivity index (χ1) is 8.16. The van der Waals surface area contributed by atoms with E-state index in [0.29, 0.717) is 12.0 Å². The number of nitrogen functional groups attached to an aromatic ring is 1. The Labute approximate surface area is 100 Å². The third-order valence-electron chi connectivity index (χ3n) is 3.17. The van der Waals surface area contributed by atoms with Gasteiger partial charge >= 0.3 is 0 Å². The molecule has 92 valence electrons. The Bertz CT molecular complexity index is 414. The summed E-state index contributed by atoms with van der Waals surface area (Å²) < 4.78 is 12.9. The molecule has 1 aliphatic heterocycles. The van der Waals surface area contributed by atoms with E-state index in [1.165, 1.54) is 31.0 Å². The van der Waals surface area contributed by atoms with Crippen LogP contribution >= 0.6 is 0 Å². The summed E-state index contributed by atoms with van der Waals surface area (Å²) in [5, 5.41) is 0. The largest absolute Gasteiger partial charge is 0.396 e. The van der Waals surface area contributed by atoms with Crippen molar-refractivity contribution < 1.29 is 9.18 Å². The summed E-state index contributed by atoms with van der Waals surface area (Å²) in [7, 11) is 0. The molecule has 17 heavy (non-hydrogen) atoms. The van der Waals surface area contributed by atoms with Crippen molar-refractivity contribution in [2.75, 3.05) is 25.4 Å². The maximum atomic E-state index is 12.9. The second-order valence-electron chi connectivity index (χ2n) is 4.46.